The van der Waals surface area contributed by atoms with E-state index in [2.05, 4.69) is 39.2 Å². The van der Waals surface area contributed by atoms with E-state index in [0.29, 0.717) is 40.6 Å². The van der Waals surface area contributed by atoms with Gasteiger partial charge < -0.3 is 4.98 Å². The third-order valence-corrected chi connectivity index (χ3v) is 9.91. The smallest absolute Gasteiger partial charge is 0.301 e. The minimum Gasteiger partial charge on any atom is -0.301 e. The Balaban J connectivity index is 0.000000212. The first kappa shape index (κ1) is 35.4. The fourth-order valence-corrected chi connectivity index (χ4v) is 8.20. The molecular formula is C38H39N5O4S2. The van der Waals surface area contributed by atoms with E-state index in [1.165, 1.54) is 23.5 Å². The van der Waals surface area contributed by atoms with Crippen LogP contribution in [0.25, 0.3) is 10.9 Å². The first-order chi connectivity index (χ1) is 23.4. The fourth-order valence-electron chi connectivity index (χ4n) is 5.64. The second kappa shape index (κ2) is 15.6. The maximum Gasteiger partial charge on any atom is 0.329 e. The highest BCUT2D eigenvalue weighted by Gasteiger charge is 2.17. The Morgan fingerprint density at radius 1 is 0.653 bits per heavy atom. The number of benzene rings is 3. The summed E-state index contributed by atoms with van der Waals surface area (Å²) < 4.78 is 1.62. The van der Waals surface area contributed by atoms with Gasteiger partial charge in [-0.15, -0.1) is 0 Å². The minimum atomic E-state index is -0.464. The van der Waals surface area contributed by atoms with Crippen LogP contribution in [0.15, 0.2) is 112 Å². The van der Waals surface area contributed by atoms with E-state index in [9.17, 15) is 19.2 Å². The van der Waals surface area contributed by atoms with Crippen molar-refractivity contribution in [3.05, 3.63) is 154 Å². The van der Waals surface area contributed by atoms with E-state index < -0.39 is 11.4 Å². The topological polar surface area (TPSA) is 133 Å². The number of fused-ring (bicyclic) bond motifs is 1. The highest BCUT2D eigenvalue weighted by Crippen LogP contribution is 2.31. The van der Waals surface area contributed by atoms with Gasteiger partial charge in [-0.3, -0.25) is 29.1 Å². The van der Waals surface area contributed by atoms with Crippen LogP contribution in [-0.4, -0.2) is 24.5 Å². The van der Waals surface area contributed by atoms with Gasteiger partial charge in [-0.25, -0.2) is 9.59 Å². The quantitative estimate of drug-likeness (QED) is 0.148. The van der Waals surface area contributed by atoms with Crippen molar-refractivity contribution in [2.75, 3.05) is 0 Å². The molecule has 3 aromatic carbocycles. The molecule has 3 aromatic heterocycles. The molecule has 0 radical (unpaired) electrons. The lowest BCUT2D eigenvalue weighted by atomic mass is 10.2. The summed E-state index contributed by atoms with van der Waals surface area (Å²) in [6.45, 7) is 12.3. The average molecular weight is 694 g/mol. The molecule has 0 bridgehead atoms. The molecule has 0 aliphatic carbocycles. The molecule has 0 spiro atoms. The number of hydrogen-bond acceptors (Lipinski definition) is 7. The van der Waals surface area contributed by atoms with Gasteiger partial charge in [-0.05, 0) is 99.2 Å². The highest BCUT2D eigenvalue weighted by atomic mass is 32.2. The normalized spacial score (nSPS) is 11.0. The van der Waals surface area contributed by atoms with E-state index in [1.54, 1.807) is 4.57 Å². The van der Waals surface area contributed by atoms with Crippen molar-refractivity contribution in [3.8, 4) is 0 Å². The minimum absolute atomic E-state index is 0.292. The summed E-state index contributed by atoms with van der Waals surface area (Å²) in [5, 5.41) is 2.35. The van der Waals surface area contributed by atoms with Crippen LogP contribution in [0.3, 0.4) is 0 Å². The second-order valence-electron chi connectivity index (χ2n) is 11.9. The van der Waals surface area contributed by atoms with Gasteiger partial charge in [0.05, 0.1) is 27.8 Å². The van der Waals surface area contributed by atoms with Gasteiger partial charge in [0.15, 0.2) is 0 Å². The summed E-state index contributed by atoms with van der Waals surface area (Å²) in [6.07, 6.45) is 1.12. The number of aryl methyl sites for hydroxylation is 4. The van der Waals surface area contributed by atoms with Crippen molar-refractivity contribution in [2.45, 2.75) is 80.8 Å². The molecule has 6 rings (SSSR count). The molecule has 3 N–H and O–H groups in total. The van der Waals surface area contributed by atoms with Gasteiger partial charge in [0.25, 0.3) is 11.1 Å². The monoisotopic (exact) mass is 693 g/mol. The van der Waals surface area contributed by atoms with Crippen molar-refractivity contribution in [3.63, 3.8) is 0 Å². The van der Waals surface area contributed by atoms with E-state index in [4.69, 9.17) is 4.98 Å². The predicted molar refractivity (Wildman–Crippen MR) is 199 cm³/mol. The number of hydrogen-bond donors (Lipinski definition) is 3. The number of H-pyrrole nitrogens is 3. The Kier molecular flexibility index (Phi) is 11.3. The van der Waals surface area contributed by atoms with Crippen LogP contribution in [0.5, 0.6) is 0 Å². The molecule has 49 heavy (non-hydrogen) atoms. The standard InChI is InChI=1S/C24H23N3O2S.C14H16N2O2S/c1-4-20-22(28)26-24(29)27(23(20)30-19-12-15(2)11-16(3)13-19)14-18-10-9-17-7-5-6-8-21(17)25-18;1-4-11-12(17)15-14(18)16-13(11)19-10-6-8(2)5-9(3)7-10/h5-13H,4,14H2,1-3H3,(H,26,28,29);5-7H,4H2,1-3H3,(H2,15,16,17,18). The molecule has 0 amide bonds. The molecular weight excluding hydrogens is 655 g/mol. The molecule has 252 valence electrons. The number of rotatable bonds is 8. The van der Waals surface area contributed by atoms with Gasteiger partial charge in [-0.1, -0.05) is 73.8 Å². The summed E-state index contributed by atoms with van der Waals surface area (Å²) in [7, 11) is 0. The van der Waals surface area contributed by atoms with E-state index >= 15 is 0 Å². The first-order valence-electron chi connectivity index (χ1n) is 16.0. The molecule has 0 unspecified atom stereocenters. The SMILES string of the molecule is CCc1c(Sc2cc(C)cc(C)c2)[nH]c(=O)[nH]c1=O.CCc1c(Sc2cc(C)cc(C)c2)n(Cc2ccc3ccccc3n2)c(=O)[nH]c1=O. The van der Waals surface area contributed by atoms with Crippen molar-refractivity contribution in [2.24, 2.45) is 0 Å². The molecule has 0 fully saturated rings. The van der Waals surface area contributed by atoms with Crippen molar-refractivity contribution in [1.82, 2.24) is 24.5 Å². The lowest BCUT2D eigenvalue weighted by Crippen LogP contribution is -2.34. The van der Waals surface area contributed by atoms with Crippen LogP contribution in [-0.2, 0) is 19.4 Å². The number of pyridine rings is 1. The van der Waals surface area contributed by atoms with Gasteiger partial charge in [-0.2, -0.15) is 0 Å². The summed E-state index contributed by atoms with van der Waals surface area (Å²) in [5.41, 5.74) is 5.97. The first-order valence-corrected chi connectivity index (χ1v) is 17.7. The van der Waals surface area contributed by atoms with Crippen LogP contribution in [0.2, 0.25) is 0 Å². The number of nitrogens with one attached hydrogen (secondary N) is 3. The number of aromatic amines is 3. The summed E-state index contributed by atoms with van der Waals surface area (Å²) >= 11 is 2.88. The van der Waals surface area contributed by atoms with Crippen LogP contribution in [0.1, 0.15) is 52.9 Å². The molecule has 0 aliphatic heterocycles. The molecule has 0 atom stereocenters. The lowest BCUT2D eigenvalue weighted by molar-refractivity contribution is 0.626. The summed E-state index contributed by atoms with van der Waals surface area (Å²) in [6, 6.07) is 24.2. The van der Waals surface area contributed by atoms with Crippen LogP contribution in [0.4, 0.5) is 0 Å². The van der Waals surface area contributed by atoms with Crippen LogP contribution < -0.4 is 22.5 Å². The Morgan fingerprint density at radius 3 is 1.84 bits per heavy atom. The van der Waals surface area contributed by atoms with Crippen molar-refractivity contribution < 1.29 is 0 Å². The van der Waals surface area contributed by atoms with Gasteiger partial charge in [0.2, 0.25) is 0 Å². The third-order valence-electron chi connectivity index (χ3n) is 7.75. The highest BCUT2D eigenvalue weighted by molar-refractivity contribution is 7.99. The maximum atomic E-state index is 12.8. The zero-order valence-corrected chi connectivity index (χ0v) is 30.0. The van der Waals surface area contributed by atoms with Gasteiger partial charge >= 0.3 is 11.4 Å². The zero-order chi connectivity index (χ0) is 35.2. The molecule has 11 heteroatoms. The van der Waals surface area contributed by atoms with E-state index in [1.807, 2.05) is 90.1 Å². The van der Waals surface area contributed by atoms with Crippen molar-refractivity contribution >= 4 is 34.4 Å². The molecule has 6 aromatic rings. The maximum absolute atomic E-state index is 12.8. The molecule has 3 heterocycles. The van der Waals surface area contributed by atoms with Gasteiger partial charge in [0.1, 0.15) is 0 Å². The van der Waals surface area contributed by atoms with E-state index in [-0.39, 0.29) is 11.1 Å². The Hall–Kier alpha value is -4.87. The molecule has 0 saturated carbocycles. The number of aromatic nitrogens is 5. The Morgan fingerprint density at radius 2 is 1.22 bits per heavy atom. The molecule has 0 saturated heterocycles. The van der Waals surface area contributed by atoms with Crippen molar-refractivity contribution in [1.29, 1.82) is 0 Å². The zero-order valence-electron chi connectivity index (χ0n) is 28.4. The number of nitrogens with zero attached hydrogens (tertiary/aromatic N) is 2. The summed E-state index contributed by atoms with van der Waals surface area (Å²) in [4.78, 5) is 62.6. The third kappa shape index (κ3) is 8.79. The Bertz CT molecular complexity index is 2350. The molecule has 0 aliphatic rings. The average Bonchev–Trinajstić information content (AvgIpc) is 3.02. The molecule has 9 nitrogen and oxygen atoms in total. The lowest BCUT2D eigenvalue weighted by Gasteiger charge is -2.16. The van der Waals surface area contributed by atoms with E-state index in [0.717, 1.165) is 48.6 Å². The van der Waals surface area contributed by atoms with Crippen LogP contribution >= 0.6 is 23.5 Å². The summed E-state index contributed by atoms with van der Waals surface area (Å²) in [5.74, 6) is 0. The largest absolute Gasteiger partial charge is 0.329 e. The fraction of sp³-hybridized carbons (Fsp3) is 0.237. The predicted octanol–water partition coefficient (Wildman–Crippen LogP) is 6.86. The Labute approximate surface area is 292 Å². The number of para-hydroxylation sites is 1. The van der Waals surface area contributed by atoms with Crippen LogP contribution in [0, 0.1) is 27.7 Å². The second-order valence-corrected chi connectivity index (χ2v) is 14.0. The van der Waals surface area contributed by atoms with Gasteiger partial charge in [0, 0.05) is 26.3 Å².